The van der Waals surface area contributed by atoms with Gasteiger partial charge in [-0.15, -0.1) is 0 Å². The Morgan fingerprint density at radius 3 is 2.62 bits per heavy atom. The largest absolute Gasteiger partial charge is 0.416 e. The summed E-state index contributed by atoms with van der Waals surface area (Å²) in [4.78, 5) is 23.9. The lowest BCUT2D eigenvalue weighted by molar-refractivity contribution is -0.137. The molecule has 0 saturated heterocycles. The van der Waals surface area contributed by atoms with Crippen LogP contribution in [0.4, 0.5) is 19.0 Å². The summed E-state index contributed by atoms with van der Waals surface area (Å²) in [6.45, 7) is 4.30. The van der Waals surface area contributed by atoms with Crippen LogP contribution in [-0.2, 0) is 28.9 Å². The summed E-state index contributed by atoms with van der Waals surface area (Å²) in [5.41, 5.74) is 9.32. The molecule has 178 valence electrons. The molecule has 2 aliphatic heterocycles. The summed E-state index contributed by atoms with van der Waals surface area (Å²) >= 11 is 0. The average Bonchev–Trinajstić information content (AvgIpc) is 3.28. The van der Waals surface area contributed by atoms with E-state index in [4.69, 9.17) is 15.2 Å². The van der Waals surface area contributed by atoms with Gasteiger partial charge in [-0.1, -0.05) is 6.07 Å². The van der Waals surface area contributed by atoms with Crippen LogP contribution in [0.5, 0.6) is 0 Å². The molecule has 2 N–H and O–H groups in total. The van der Waals surface area contributed by atoms with Crippen molar-refractivity contribution < 1.29 is 27.4 Å². The lowest BCUT2D eigenvalue weighted by atomic mass is 9.91. The first-order valence-electron chi connectivity index (χ1n) is 10.8. The molecule has 0 aliphatic carbocycles. The van der Waals surface area contributed by atoms with Gasteiger partial charge in [-0.25, -0.2) is 9.97 Å². The number of fused-ring (bicyclic) bond motifs is 4. The van der Waals surface area contributed by atoms with Crippen molar-refractivity contribution in [2.45, 2.75) is 45.4 Å². The van der Waals surface area contributed by atoms with Crippen LogP contribution in [0.2, 0.25) is 0 Å². The topological polar surface area (TPSA) is 90.6 Å². The Morgan fingerprint density at radius 2 is 1.88 bits per heavy atom. The van der Waals surface area contributed by atoms with Crippen LogP contribution in [-0.4, -0.2) is 34.4 Å². The normalized spacial score (nSPS) is 19.7. The van der Waals surface area contributed by atoms with Gasteiger partial charge in [-0.3, -0.25) is 4.79 Å². The molecule has 0 fully saturated rings. The van der Waals surface area contributed by atoms with E-state index in [1.807, 2.05) is 0 Å². The molecular weight excluding hydrogens is 449 g/mol. The number of hydrogen-bond donors (Lipinski definition) is 1. The fraction of sp³-hybridized carbons (Fsp3) is 0.375. The predicted molar refractivity (Wildman–Crippen MR) is 118 cm³/mol. The maximum atomic E-state index is 13.6. The molecule has 7 nitrogen and oxygen atoms in total. The van der Waals surface area contributed by atoms with Gasteiger partial charge in [-0.2, -0.15) is 13.2 Å². The zero-order valence-electron chi connectivity index (χ0n) is 18.9. The Balaban J connectivity index is 1.53. The van der Waals surface area contributed by atoms with Gasteiger partial charge in [-0.05, 0) is 48.7 Å². The van der Waals surface area contributed by atoms with Crippen LogP contribution in [0.15, 0.2) is 24.3 Å². The summed E-state index contributed by atoms with van der Waals surface area (Å²) in [5.74, 6) is 0.0526. The molecule has 34 heavy (non-hydrogen) atoms. The quantitative estimate of drug-likeness (QED) is 0.592. The Morgan fingerprint density at radius 1 is 1.15 bits per heavy atom. The molecule has 5 rings (SSSR count). The summed E-state index contributed by atoms with van der Waals surface area (Å²) in [5, 5.41) is 0.702. The highest BCUT2D eigenvalue weighted by molar-refractivity contribution is 5.99. The molecule has 3 aromatic rings. The van der Waals surface area contributed by atoms with Gasteiger partial charge in [0.15, 0.2) is 5.65 Å². The number of carbonyl (C=O) groups excluding carboxylic acids is 1. The molecule has 10 heteroatoms. The molecule has 4 heterocycles. The number of aromatic nitrogens is 2. The van der Waals surface area contributed by atoms with Crippen LogP contribution in [0.25, 0.3) is 11.0 Å². The number of likely N-dealkylation sites (N-methyl/N-ethyl adjacent to an activating group) is 1. The van der Waals surface area contributed by atoms with Gasteiger partial charge in [0.1, 0.15) is 5.82 Å². The predicted octanol–water partition coefficient (Wildman–Crippen LogP) is 4.47. The zero-order valence-corrected chi connectivity index (χ0v) is 18.9. The van der Waals surface area contributed by atoms with Gasteiger partial charge < -0.3 is 20.1 Å². The highest BCUT2D eigenvalue weighted by atomic mass is 19.4. The van der Waals surface area contributed by atoms with Crippen molar-refractivity contribution in [3.8, 4) is 0 Å². The second kappa shape index (κ2) is 7.92. The average molecular weight is 472 g/mol. The Bertz CT molecular complexity index is 1330. The first kappa shape index (κ1) is 22.5. The van der Waals surface area contributed by atoms with Gasteiger partial charge >= 0.3 is 6.18 Å². The lowest BCUT2D eigenvalue weighted by Gasteiger charge is -2.36. The fourth-order valence-electron chi connectivity index (χ4n) is 4.67. The summed E-state index contributed by atoms with van der Waals surface area (Å²) in [6.07, 6.45) is -4.97. The molecule has 0 radical (unpaired) electrons. The molecule has 0 saturated carbocycles. The summed E-state index contributed by atoms with van der Waals surface area (Å²) in [6, 6.07) is 4.79. The number of nitrogens with zero attached hydrogens (tertiary/aromatic N) is 3. The van der Waals surface area contributed by atoms with Crippen molar-refractivity contribution in [1.82, 2.24) is 14.9 Å². The third-order valence-corrected chi connectivity index (χ3v) is 6.64. The Labute approximate surface area is 193 Å². The van der Waals surface area contributed by atoms with E-state index < -0.39 is 23.9 Å². The number of alkyl halides is 3. The summed E-state index contributed by atoms with van der Waals surface area (Å²) in [7, 11) is 1.62. The third kappa shape index (κ3) is 3.57. The molecule has 0 unspecified atom stereocenters. The van der Waals surface area contributed by atoms with Crippen LogP contribution in [0.3, 0.4) is 0 Å². The van der Waals surface area contributed by atoms with E-state index in [2.05, 4.69) is 9.97 Å². The highest BCUT2D eigenvalue weighted by Gasteiger charge is 2.36. The molecule has 2 aliphatic rings. The van der Waals surface area contributed by atoms with E-state index in [1.165, 1.54) is 11.0 Å². The number of ether oxygens (including phenoxy) is 2. The van der Waals surface area contributed by atoms with Gasteiger partial charge in [0.05, 0.1) is 48.8 Å². The number of halogens is 3. The monoisotopic (exact) mass is 472 g/mol. The van der Waals surface area contributed by atoms with Gasteiger partial charge in [0.2, 0.25) is 0 Å². The first-order valence-corrected chi connectivity index (χ1v) is 10.8. The molecule has 1 aromatic carbocycles. The fourth-order valence-corrected chi connectivity index (χ4v) is 4.67. The number of nitrogens with two attached hydrogens (primary N) is 1. The number of nitrogen functional groups attached to an aromatic ring is 1. The van der Waals surface area contributed by atoms with E-state index in [1.54, 1.807) is 27.0 Å². The Hall–Kier alpha value is -3.24. The molecular formula is C24H23F3N4O3. The van der Waals surface area contributed by atoms with E-state index >= 15 is 0 Å². The first-order chi connectivity index (χ1) is 16.1. The minimum absolute atomic E-state index is 0.170. The van der Waals surface area contributed by atoms with Gasteiger partial charge in [0, 0.05) is 18.0 Å². The summed E-state index contributed by atoms with van der Waals surface area (Å²) < 4.78 is 51.0. The highest BCUT2D eigenvalue weighted by Crippen LogP contribution is 2.40. The lowest BCUT2D eigenvalue weighted by Crippen LogP contribution is -2.37. The molecule has 1 amide bonds. The van der Waals surface area contributed by atoms with E-state index in [-0.39, 0.29) is 12.5 Å². The zero-order chi connectivity index (χ0) is 24.4. The van der Waals surface area contributed by atoms with Crippen molar-refractivity contribution in [2.75, 3.05) is 19.4 Å². The third-order valence-electron chi connectivity index (χ3n) is 6.64. The van der Waals surface area contributed by atoms with Crippen molar-refractivity contribution in [3.63, 3.8) is 0 Å². The maximum Gasteiger partial charge on any atom is 0.416 e. The number of anilines is 1. The molecule has 0 bridgehead atoms. The standard InChI is InChI=1S/C24H23F3N4O3/c1-11-15(7-17-18-8-33-9-19(18)21(28)30-22(17)29-11)23(32)31(3)20-10-34-12(2)16-6-13(24(25,26)27)4-5-14(16)20/h4-7,12,20H,8-10H2,1-3H3,(H2,28,29,30)/t12-,20-/m1/s1. The number of pyridine rings is 2. The van der Waals surface area contributed by atoms with E-state index in [0.29, 0.717) is 52.4 Å². The van der Waals surface area contributed by atoms with E-state index in [0.717, 1.165) is 23.3 Å². The van der Waals surface area contributed by atoms with Crippen LogP contribution in [0, 0.1) is 6.92 Å². The number of hydrogen-bond acceptors (Lipinski definition) is 6. The number of aryl methyl sites for hydroxylation is 1. The second-order valence-electron chi connectivity index (χ2n) is 8.69. The number of amides is 1. The minimum atomic E-state index is -4.46. The smallest absolute Gasteiger partial charge is 0.383 e. The van der Waals surface area contributed by atoms with E-state index in [9.17, 15) is 18.0 Å². The molecule has 0 spiro atoms. The van der Waals surface area contributed by atoms with Crippen molar-refractivity contribution >= 4 is 22.8 Å². The van der Waals surface area contributed by atoms with Crippen LogP contribution in [0.1, 0.15) is 62.9 Å². The number of benzene rings is 1. The maximum absolute atomic E-state index is 13.6. The van der Waals surface area contributed by atoms with Crippen molar-refractivity contribution in [2.24, 2.45) is 0 Å². The number of carbonyl (C=O) groups is 1. The molecule has 2 atom stereocenters. The Kier molecular flexibility index (Phi) is 5.25. The van der Waals surface area contributed by atoms with Crippen molar-refractivity contribution in [1.29, 1.82) is 0 Å². The second-order valence-corrected chi connectivity index (χ2v) is 8.69. The SMILES string of the molecule is Cc1nc2nc(N)c3c(c2cc1C(=O)N(C)[C@@H]1CO[C@H](C)c2cc(C(F)(F)F)ccc21)COC3. The van der Waals surface area contributed by atoms with Crippen molar-refractivity contribution in [3.05, 3.63) is 63.3 Å². The minimum Gasteiger partial charge on any atom is -0.383 e. The molecule has 2 aromatic heterocycles. The van der Waals surface area contributed by atoms with Gasteiger partial charge in [0.25, 0.3) is 5.91 Å². The van der Waals surface area contributed by atoms with Crippen LogP contribution < -0.4 is 5.73 Å². The number of rotatable bonds is 2. The van der Waals surface area contributed by atoms with Crippen LogP contribution >= 0.6 is 0 Å².